The molecular formula is C25H28N2O4S. The van der Waals surface area contributed by atoms with Crippen molar-refractivity contribution in [1.82, 2.24) is 10.1 Å². The Morgan fingerprint density at radius 2 is 1.78 bits per heavy atom. The molecule has 0 spiro atoms. The zero-order chi connectivity index (χ0) is 22.9. The van der Waals surface area contributed by atoms with E-state index in [-0.39, 0.29) is 34.6 Å². The zero-order valence-electron chi connectivity index (χ0n) is 18.6. The Labute approximate surface area is 189 Å². The van der Waals surface area contributed by atoms with Crippen LogP contribution in [0.1, 0.15) is 48.8 Å². The van der Waals surface area contributed by atoms with Gasteiger partial charge in [0.1, 0.15) is 0 Å². The lowest BCUT2D eigenvalue weighted by Gasteiger charge is -2.28. The van der Waals surface area contributed by atoms with Gasteiger partial charge < -0.3 is 9.42 Å². The summed E-state index contributed by atoms with van der Waals surface area (Å²) in [5.74, 6) is 0.251. The lowest BCUT2D eigenvalue weighted by atomic mass is 9.86. The van der Waals surface area contributed by atoms with Gasteiger partial charge in [-0.3, -0.25) is 4.79 Å². The Hall–Kier alpha value is -2.93. The number of carbonyl (C=O) groups is 1. The molecule has 1 amide bonds. The predicted octanol–water partition coefficient (Wildman–Crippen LogP) is 4.47. The fourth-order valence-corrected chi connectivity index (χ4v) is 5.69. The minimum absolute atomic E-state index is 0.0256. The molecule has 32 heavy (non-hydrogen) atoms. The quantitative estimate of drug-likeness (QED) is 0.571. The monoisotopic (exact) mass is 452 g/mol. The molecule has 1 atom stereocenters. The number of sulfone groups is 1. The van der Waals surface area contributed by atoms with E-state index in [2.05, 4.69) is 38.1 Å². The van der Waals surface area contributed by atoms with Crippen LogP contribution in [0.4, 0.5) is 0 Å². The molecule has 7 heteroatoms. The third kappa shape index (κ3) is 4.93. The number of hydrogen-bond donors (Lipinski definition) is 0. The van der Waals surface area contributed by atoms with Crippen molar-refractivity contribution in [2.45, 2.75) is 45.2 Å². The van der Waals surface area contributed by atoms with Crippen molar-refractivity contribution in [2.24, 2.45) is 0 Å². The van der Waals surface area contributed by atoms with E-state index in [1.807, 2.05) is 42.5 Å². The number of nitrogens with zero attached hydrogens (tertiary/aromatic N) is 2. The highest BCUT2D eigenvalue weighted by Crippen LogP contribution is 2.26. The number of benzene rings is 2. The molecule has 0 radical (unpaired) electrons. The van der Waals surface area contributed by atoms with Crippen LogP contribution in [0.25, 0.3) is 11.3 Å². The van der Waals surface area contributed by atoms with Gasteiger partial charge in [-0.15, -0.1) is 0 Å². The summed E-state index contributed by atoms with van der Waals surface area (Å²) in [4.78, 5) is 15.1. The van der Waals surface area contributed by atoms with Gasteiger partial charge in [0.2, 0.25) is 0 Å². The predicted molar refractivity (Wildman–Crippen MR) is 124 cm³/mol. The maximum Gasteiger partial charge on any atom is 0.276 e. The lowest BCUT2D eigenvalue weighted by Crippen LogP contribution is -2.40. The van der Waals surface area contributed by atoms with E-state index in [9.17, 15) is 13.2 Å². The van der Waals surface area contributed by atoms with Crippen LogP contribution in [0.5, 0.6) is 0 Å². The van der Waals surface area contributed by atoms with E-state index in [1.54, 1.807) is 11.0 Å². The molecule has 0 saturated carbocycles. The highest BCUT2D eigenvalue weighted by atomic mass is 32.2. The van der Waals surface area contributed by atoms with Gasteiger partial charge in [0, 0.05) is 24.2 Å². The van der Waals surface area contributed by atoms with Crippen LogP contribution in [0.15, 0.2) is 65.2 Å². The Kier molecular flexibility index (Phi) is 5.95. The standard InChI is InChI=1S/C25H28N2O4S/c1-25(2,3)20-11-9-18(10-12-20)16-27(21-13-14-32(29,30)17-21)24(28)22-15-23(31-26-22)19-7-5-4-6-8-19/h4-12,15,21H,13-14,16-17H2,1-3H3/t21-/m0/s1. The Balaban J connectivity index is 1.61. The van der Waals surface area contributed by atoms with Gasteiger partial charge in [0.15, 0.2) is 21.3 Å². The second-order valence-corrected chi connectivity index (χ2v) is 11.6. The normalized spacial score (nSPS) is 17.9. The molecular weight excluding hydrogens is 424 g/mol. The minimum Gasteiger partial charge on any atom is -0.355 e. The van der Waals surface area contributed by atoms with Crippen LogP contribution in [0.3, 0.4) is 0 Å². The molecule has 3 aromatic rings. The summed E-state index contributed by atoms with van der Waals surface area (Å²) in [7, 11) is -3.15. The Morgan fingerprint density at radius 3 is 2.38 bits per heavy atom. The average molecular weight is 453 g/mol. The first-order valence-corrected chi connectivity index (χ1v) is 12.6. The average Bonchev–Trinajstić information content (AvgIpc) is 3.38. The molecule has 4 rings (SSSR count). The summed E-state index contributed by atoms with van der Waals surface area (Å²) in [6.07, 6.45) is 0.428. The van der Waals surface area contributed by atoms with E-state index in [4.69, 9.17) is 4.52 Å². The molecule has 1 aliphatic heterocycles. The van der Waals surface area contributed by atoms with Crippen LogP contribution < -0.4 is 0 Å². The molecule has 6 nitrogen and oxygen atoms in total. The van der Waals surface area contributed by atoms with Crippen molar-refractivity contribution in [1.29, 1.82) is 0 Å². The van der Waals surface area contributed by atoms with Crippen LogP contribution in [-0.4, -0.2) is 41.9 Å². The first-order valence-electron chi connectivity index (χ1n) is 10.8. The van der Waals surface area contributed by atoms with Gasteiger partial charge in [0.25, 0.3) is 5.91 Å². The Bertz CT molecular complexity index is 1190. The van der Waals surface area contributed by atoms with E-state index in [0.717, 1.165) is 11.1 Å². The summed E-state index contributed by atoms with van der Waals surface area (Å²) in [6, 6.07) is 18.8. The number of hydrogen-bond acceptors (Lipinski definition) is 5. The van der Waals surface area contributed by atoms with Crippen molar-refractivity contribution in [3.05, 3.63) is 77.5 Å². The molecule has 0 aliphatic carbocycles. The molecule has 0 bridgehead atoms. The largest absolute Gasteiger partial charge is 0.355 e. The molecule has 168 valence electrons. The molecule has 2 heterocycles. The summed E-state index contributed by atoms with van der Waals surface area (Å²) in [6.45, 7) is 6.76. The summed E-state index contributed by atoms with van der Waals surface area (Å²) >= 11 is 0. The van der Waals surface area contributed by atoms with Gasteiger partial charge in [0.05, 0.1) is 11.5 Å². The van der Waals surface area contributed by atoms with E-state index in [0.29, 0.717) is 18.7 Å². The molecule has 0 N–H and O–H groups in total. The van der Waals surface area contributed by atoms with Gasteiger partial charge in [-0.2, -0.15) is 0 Å². The van der Waals surface area contributed by atoms with Crippen molar-refractivity contribution >= 4 is 15.7 Å². The molecule has 0 unspecified atom stereocenters. The highest BCUT2D eigenvalue weighted by Gasteiger charge is 2.36. The molecule has 1 aromatic heterocycles. The highest BCUT2D eigenvalue weighted by molar-refractivity contribution is 7.91. The second kappa shape index (κ2) is 8.54. The van der Waals surface area contributed by atoms with Gasteiger partial charge in [-0.25, -0.2) is 8.42 Å². The molecule has 2 aromatic carbocycles. The number of amides is 1. The van der Waals surface area contributed by atoms with Gasteiger partial charge >= 0.3 is 0 Å². The van der Waals surface area contributed by atoms with Crippen LogP contribution in [0.2, 0.25) is 0 Å². The third-order valence-electron chi connectivity index (χ3n) is 5.87. The number of rotatable bonds is 5. The number of carbonyl (C=O) groups excluding carboxylic acids is 1. The van der Waals surface area contributed by atoms with Crippen molar-refractivity contribution < 1.29 is 17.7 Å². The fourth-order valence-electron chi connectivity index (χ4n) is 3.96. The van der Waals surface area contributed by atoms with Crippen molar-refractivity contribution in [3.63, 3.8) is 0 Å². The van der Waals surface area contributed by atoms with Crippen LogP contribution in [-0.2, 0) is 21.8 Å². The van der Waals surface area contributed by atoms with Gasteiger partial charge in [-0.1, -0.05) is 80.5 Å². The van der Waals surface area contributed by atoms with Crippen LogP contribution in [0, 0.1) is 0 Å². The Morgan fingerprint density at radius 1 is 1.09 bits per heavy atom. The fraction of sp³-hybridized carbons (Fsp3) is 0.360. The maximum atomic E-state index is 13.4. The second-order valence-electron chi connectivity index (χ2n) is 9.38. The first kappa shape index (κ1) is 22.3. The van der Waals surface area contributed by atoms with Crippen LogP contribution >= 0.6 is 0 Å². The summed E-state index contributed by atoms with van der Waals surface area (Å²) < 4.78 is 29.7. The molecule has 1 fully saturated rings. The molecule has 1 saturated heterocycles. The van der Waals surface area contributed by atoms with Crippen molar-refractivity contribution in [2.75, 3.05) is 11.5 Å². The molecule has 1 aliphatic rings. The minimum atomic E-state index is -3.15. The van der Waals surface area contributed by atoms with E-state index < -0.39 is 9.84 Å². The van der Waals surface area contributed by atoms with E-state index >= 15 is 0 Å². The third-order valence-corrected chi connectivity index (χ3v) is 7.62. The van der Waals surface area contributed by atoms with Gasteiger partial charge in [-0.05, 0) is 23.0 Å². The topological polar surface area (TPSA) is 80.5 Å². The zero-order valence-corrected chi connectivity index (χ0v) is 19.4. The number of aromatic nitrogens is 1. The maximum absolute atomic E-state index is 13.4. The first-order chi connectivity index (χ1) is 15.1. The smallest absolute Gasteiger partial charge is 0.276 e. The summed E-state index contributed by atoms with van der Waals surface area (Å²) in [5, 5.41) is 3.99. The van der Waals surface area contributed by atoms with Crippen molar-refractivity contribution in [3.8, 4) is 11.3 Å². The SMILES string of the molecule is CC(C)(C)c1ccc(CN(C(=O)c2cc(-c3ccccc3)on2)[C@H]2CCS(=O)(=O)C2)cc1. The summed E-state index contributed by atoms with van der Waals surface area (Å²) in [5.41, 5.74) is 3.18. The van der Waals surface area contributed by atoms with E-state index in [1.165, 1.54) is 5.56 Å². The lowest BCUT2D eigenvalue weighted by molar-refractivity contribution is 0.0670.